The highest BCUT2D eigenvalue weighted by Crippen LogP contribution is 2.21. The molecule has 0 unspecified atom stereocenters. The fourth-order valence-electron chi connectivity index (χ4n) is 0.952. The second kappa shape index (κ2) is 4.42. The highest BCUT2D eigenvalue weighted by molar-refractivity contribution is 5.72. The molecule has 0 aliphatic rings. The molecule has 1 rings (SSSR count). The molecule has 1 aromatic rings. The minimum absolute atomic E-state index is 0.0626. The first kappa shape index (κ1) is 11.0. The van der Waals surface area contributed by atoms with Gasteiger partial charge in [0.05, 0.1) is 0 Å². The van der Waals surface area contributed by atoms with Crippen LogP contribution in [0.2, 0.25) is 0 Å². The van der Waals surface area contributed by atoms with Crippen LogP contribution in [0.5, 0.6) is 5.75 Å². The van der Waals surface area contributed by atoms with E-state index in [1.54, 1.807) is 6.07 Å². The maximum Gasteiger partial charge on any atom is 0.344 e. The Morgan fingerprint density at radius 1 is 1.67 bits per heavy atom. The van der Waals surface area contributed by atoms with E-state index in [0.717, 1.165) is 6.07 Å². The highest BCUT2D eigenvalue weighted by atomic mass is 19.1. The summed E-state index contributed by atoms with van der Waals surface area (Å²) in [6.07, 6.45) is -1.13. The molecular weight excluding hydrogens is 201 g/mol. The van der Waals surface area contributed by atoms with Gasteiger partial charge in [-0.25, -0.2) is 9.18 Å². The molecule has 1 N–H and O–H groups in total. The molecule has 0 saturated carbocycles. The molecule has 0 bridgehead atoms. The smallest absolute Gasteiger partial charge is 0.344 e. The number of carbonyl (C=O) groups is 1. The van der Waals surface area contributed by atoms with E-state index in [-0.39, 0.29) is 11.3 Å². The minimum atomic E-state index is -1.18. The van der Waals surface area contributed by atoms with E-state index in [1.807, 2.05) is 0 Å². The molecular formula is C10H8FNO3. The monoisotopic (exact) mass is 209 g/mol. The summed E-state index contributed by atoms with van der Waals surface area (Å²) in [5.74, 6) is -1.97. The van der Waals surface area contributed by atoms with Crippen LogP contribution in [-0.2, 0) is 4.79 Å². The van der Waals surface area contributed by atoms with Crippen LogP contribution in [-0.4, -0.2) is 17.2 Å². The number of carboxylic acid groups (broad SMARTS) is 1. The Bertz CT molecular complexity index is 425. The first-order valence-corrected chi connectivity index (χ1v) is 4.14. The van der Waals surface area contributed by atoms with Crippen LogP contribution in [0.1, 0.15) is 12.5 Å². The lowest BCUT2D eigenvalue weighted by atomic mass is 10.2. The predicted molar refractivity (Wildman–Crippen MR) is 48.8 cm³/mol. The Hall–Kier alpha value is -2.09. The highest BCUT2D eigenvalue weighted by Gasteiger charge is 2.16. The maximum absolute atomic E-state index is 13.1. The molecule has 1 atom stereocenters. The van der Waals surface area contributed by atoms with Crippen molar-refractivity contribution in [2.75, 3.05) is 0 Å². The summed E-state index contributed by atoms with van der Waals surface area (Å²) in [6, 6.07) is 5.42. The van der Waals surface area contributed by atoms with Gasteiger partial charge in [0, 0.05) is 0 Å². The quantitative estimate of drug-likeness (QED) is 0.819. The predicted octanol–water partition coefficient (Wildman–Crippen LogP) is 1.55. The molecule has 0 amide bonds. The van der Waals surface area contributed by atoms with E-state index >= 15 is 0 Å². The summed E-state index contributed by atoms with van der Waals surface area (Å²) < 4.78 is 18.0. The Kier molecular flexibility index (Phi) is 3.24. The number of carboxylic acids is 1. The molecule has 0 radical (unpaired) electrons. The molecule has 4 nitrogen and oxygen atoms in total. The number of aliphatic carboxylic acids is 1. The fourth-order valence-corrected chi connectivity index (χ4v) is 0.952. The van der Waals surface area contributed by atoms with Gasteiger partial charge in [-0.15, -0.1) is 0 Å². The van der Waals surface area contributed by atoms with Crippen molar-refractivity contribution in [2.24, 2.45) is 0 Å². The van der Waals surface area contributed by atoms with E-state index < -0.39 is 17.9 Å². The lowest BCUT2D eigenvalue weighted by Crippen LogP contribution is -2.23. The van der Waals surface area contributed by atoms with Crippen LogP contribution in [0.25, 0.3) is 0 Å². The third-order valence-corrected chi connectivity index (χ3v) is 1.74. The molecule has 0 aliphatic carbocycles. The number of nitrogens with zero attached hydrogens (tertiary/aromatic N) is 1. The average molecular weight is 209 g/mol. The normalized spacial score (nSPS) is 11.5. The molecule has 78 valence electrons. The number of halogens is 1. The summed E-state index contributed by atoms with van der Waals surface area (Å²) >= 11 is 0. The Balaban J connectivity index is 3.01. The molecule has 0 saturated heterocycles. The van der Waals surface area contributed by atoms with Gasteiger partial charge in [-0.05, 0) is 19.1 Å². The van der Waals surface area contributed by atoms with Gasteiger partial charge in [0.2, 0.25) is 0 Å². The zero-order valence-corrected chi connectivity index (χ0v) is 7.90. The van der Waals surface area contributed by atoms with Crippen LogP contribution < -0.4 is 4.74 Å². The van der Waals surface area contributed by atoms with Gasteiger partial charge in [0.25, 0.3) is 0 Å². The summed E-state index contributed by atoms with van der Waals surface area (Å²) in [5, 5.41) is 17.2. The molecule has 1 aromatic carbocycles. The van der Waals surface area contributed by atoms with Crippen molar-refractivity contribution in [1.82, 2.24) is 0 Å². The van der Waals surface area contributed by atoms with Gasteiger partial charge in [-0.2, -0.15) is 5.26 Å². The van der Waals surface area contributed by atoms with Crippen molar-refractivity contribution in [2.45, 2.75) is 13.0 Å². The van der Waals surface area contributed by atoms with Crippen LogP contribution in [0.4, 0.5) is 4.39 Å². The summed E-state index contributed by atoms with van der Waals surface area (Å²) in [6.45, 7) is 1.30. The topological polar surface area (TPSA) is 70.3 Å². The van der Waals surface area contributed by atoms with Gasteiger partial charge in [-0.1, -0.05) is 6.07 Å². The van der Waals surface area contributed by atoms with Crippen molar-refractivity contribution >= 4 is 5.97 Å². The van der Waals surface area contributed by atoms with Gasteiger partial charge in [0.15, 0.2) is 6.10 Å². The standard InChI is InChI=1S/C10H8FNO3/c1-6(10(13)14)15-9-4-2-3-8(11)7(9)5-12/h2-4,6H,1H3,(H,13,14)/t6-/m1/s1. The molecule has 0 aliphatic heterocycles. The Morgan fingerprint density at radius 2 is 2.33 bits per heavy atom. The average Bonchev–Trinajstić information content (AvgIpc) is 2.18. The second-order valence-electron chi connectivity index (χ2n) is 2.82. The zero-order valence-electron chi connectivity index (χ0n) is 7.90. The molecule has 15 heavy (non-hydrogen) atoms. The van der Waals surface area contributed by atoms with Crippen LogP contribution in [0.3, 0.4) is 0 Å². The Morgan fingerprint density at radius 3 is 2.87 bits per heavy atom. The number of benzene rings is 1. The minimum Gasteiger partial charge on any atom is -0.479 e. The number of hydrogen-bond donors (Lipinski definition) is 1. The molecule has 0 aromatic heterocycles. The van der Waals surface area contributed by atoms with Gasteiger partial charge >= 0.3 is 5.97 Å². The van der Waals surface area contributed by atoms with Gasteiger partial charge in [-0.3, -0.25) is 0 Å². The Labute approximate surface area is 85.5 Å². The summed E-state index contributed by atoms with van der Waals surface area (Å²) in [7, 11) is 0. The maximum atomic E-state index is 13.1. The largest absolute Gasteiger partial charge is 0.479 e. The van der Waals surface area contributed by atoms with Crippen LogP contribution >= 0.6 is 0 Å². The first-order valence-electron chi connectivity index (χ1n) is 4.14. The van der Waals surface area contributed by atoms with Crippen molar-refractivity contribution in [1.29, 1.82) is 5.26 Å². The third-order valence-electron chi connectivity index (χ3n) is 1.74. The second-order valence-corrected chi connectivity index (χ2v) is 2.82. The van der Waals surface area contributed by atoms with Crippen molar-refractivity contribution in [3.63, 3.8) is 0 Å². The lowest BCUT2D eigenvalue weighted by Gasteiger charge is -2.11. The van der Waals surface area contributed by atoms with Crippen LogP contribution in [0.15, 0.2) is 18.2 Å². The van der Waals surface area contributed by atoms with Gasteiger partial charge in [0.1, 0.15) is 23.2 Å². The summed E-state index contributed by atoms with van der Waals surface area (Å²) in [5.41, 5.74) is -0.286. The van der Waals surface area contributed by atoms with E-state index in [9.17, 15) is 9.18 Å². The van der Waals surface area contributed by atoms with Gasteiger partial charge < -0.3 is 9.84 Å². The van der Waals surface area contributed by atoms with Crippen molar-refractivity contribution in [3.8, 4) is 11.8 Å². The number of nitriles is 1. The van der Waals surface area contributed by atoms with E-state index in [1.165, 1.54) is 19.1 Å². The molecule has 0 heterocycles. The summed E-state index contributed by atoms with van der Waals surface area (Å²) in [4.78, 5) is 10.5. The van der Waals surface area contributed by atoms with E-state index in [0.29, 0.717) is 0 Å². The van der Waals surface area contributed by atoms with Crippen LogP contribution in [0, 0.1) is 17.1 Å². The lowest BCUT2D eigenvalue weighted by molar-refractivity contribution is -0.144. The number of rotatable bonds is 3. The molecule has 5 heteroatoms. The van der Waals surface area contributed by atoms with Crippen molar-refractivity contribution in [3.05, 3.63) is 29.6 Å². The van der Waals surface area contributed by atoms with E-state index in [4.69, 9.17) is 15.1 Å². The third kappa shape index (κ3) is 2.44. The van der Waals surface area contributed by atoms with E-state index in [2.05, 4.69) is 0 Å². The van der Waals surface area contributed by atoms with Crippen molar-refractivity contribution < 1.29 is 19.0 Å². The SMILES string of the molecule is C[C@@H](Oc1cccc(F)c1C#N)C(=O)O. The molecule has 0 spiro atoms. The number of ether oxygens (including phenoxy) is 1. The number of hydrogen-bond acceptors (Lipinski definition) is 3. The zero-order chi connectivity index (χ0) is 11.4. The molecule has 0 fully saturated rings. The first-order chi connectivity index (χ1) is 7.06. The fraction of sp³-hybridized carbons (Fsp3) is 0.200.